The molecule has 0 spiro atoms. The van der Waals surface area contributed by atoms with Crippen molar-refractivity contribution in [3.8, 4) is 11.3 Å². The van der Waals surface area contributed by atoms with Crippen LogP contribution in [-0.2, 0) is 9.59 Å². The molecule has 0 radical (unpaired) electrons. The van der Waals surface area contributed by atoms with Gasteiger partial charge >= 0.3 is 53.8 Å². The number of hydrazine groups is 1. The number of benzene rings is 1. The van der Waals surface area contributed by atoms with Gasteiger partial charge in [0.2, 0.25) is 0 Å². The summed E-state index contributed by atoms with van der Waals surface area (Å²) < 4.78 is 176. The van der Waals surface area contributed by atoms with Crippen LogP contribution in [0.2, 0.25) is 0 Å². The summed E-state index contributed by atoms with van der Waals surface area (Å²) in [6, 6.07) is 6.68. The predicted molar refractivity (Wildman–Crippen MR) is 116 cm³/mol. The maximum Gasteiger partial charge on any atom is 0.460 e. The number of carbonyl (C=O) groups excluding carboxylic acids is 2. The number of hydrazone groups is 1. The van der Waals surface area contributed by atoms with Gasteiger partial charge in [0.05, 0.1) is 11.8 Å². The number of carboxylic acids is 1. The standard InChI is InChI=1S/C17H11F7N2O4.C4H3F7N2O/c1-8-2-3-9(13(27)28)6-11(8)12-5-4-10(30-12)7-25-26-14(29)15(18,19)16(20,21)17(22,23)24;5-2(6,1(14)13-12)3(7,8)4(9,10)11/h2-7H,1H3,(H,26,29)(H,27,28);12H2,(H,13,14)/b25-7-;. The van der Waals surface area contributed by atoms with Crippen LogP contribution in [0.5, 0.6) is 0 Å². The number of aryl methyl sites for hydroxylation is 1. The van der Waals surface area contributed by atoms with Crippen LogP contribution in [0.15, 0.2) is 39.9 Å². The lowest BCUT2D eigenvalue weighted by Crippen LogP contribution is -2.60. The molecule has 1 heterocycles. The van der Waals surface area contributed by atoms with Gasteiger partial charge in [-0.15, -0.1) is 0 Å². The van der Waals surface area contributed by atoms with E-state index in [1.165, 1.54) is 30.3 Å². The van der Waals surface area contributed by atoms with Gasteiger partial charge in [0.1, 0.15) is 11.5 Å². The molecule has 246 valence electrons. The molecule has 44 heavy (non-hydrogen) atoms. The van der Waals surface area contributed by atoms with Gasteiger partial charge in [-0.2, -0.15) is 66.6 Å². The van der Waals surface area contributed by atoms with Crippen molar-refractivity contribution in [2.24, 2.45) is 10.9 Å². The van der Waals surface area contributed by atoms with Crippen LogP contribution in [0.3, 0.4) is 0 Å². The number of nitrogens with two attached hydrogens (primary N) is 1. The average Bonchev–Trinajstić information content (AvgIpc) is 3.35. The summed E-state index contributed by atoms with van der Waals surface area (Å²) in [6.45, 7) is 1.64. The topological polar surface area (TPSA) is 147 Å². The molecular weight excluding hydrogens is 654 g/mol. The van der Waals surface area contributed by atoms with Crippen LogP contribution in [0.25, 0.3) is 11.3 Å². The largest absolute Gasteiger partial charge is 0.478 e. The molecule has 0 saturated heterocycles. The molecule has 2 rings (SSSR count). The Morgan fingerprint density at radius 2 is 1.27 bits per heavy atom. The highest BCUT2D eigenvalue weighted by Gasteiger charge is 2.77. The van der Waals surface area contributed by atoms with Crippen molar-refractivity contribution in [3.05, 3.63) is 47.2 Å². The third-order valence-corrected chi connectivity index (χ3v) is 4.94. The molecule has 0 aliphatic carbocycles. The van der Waals surface area contributed by atoms with Gasteiger partial charge in [0.15, 0.2) is 0 Å². The van der Waals surface area contributed by atoms with Crippen molar-refractivity contribution < 1.29 is 85.4 Å². The molecule has 0 fully saturated rings. The first-order chi connectivity index (χ1) is 19.7. The van der Waals surface area contributed by atoms with E-state index >= 15 is 0 Å². The highest BCUT2D eigenvalue weighted by atomic mass is 19.4. The summed E-state index contributed by atoms with van der Waals surface area (Å²) in [4.78, 5) is 32.1. The smallest absolute Gasteiger partial charge is 0.460 e. The van der Waals surface area contributed by atoms with E-state index in [2.05, 4.69) is 10.9 Å². The summed E-state index contributed by atoms with van der Waals surface area (Å²) in [6.07, 6.45) is -12.6. The molecule has 0 aliphatic rings. The number of alkyl halides is 14. The monoisotopic (exact) mass is 668 g/mol. The maximum absolute atomic E-state index is 13.2. The Balaban J connectivity index is 0.000000582. The molecule has 1 aromatic heterocycles. The second-order valence-corrected chi connectivity index (χ2v) is 8.00. The van der Waals surface area contributed by atoms with Crippen LogP contribution in [0.4, 0.5) is 61.5 Å². The number of halogens is 14. The lowest BCUT2D eigenvalue weighted by Gasteiger charge is -2.26. The highest BCUT2D eigenvalue weighted by molar-refractivity contribution is 5.90. The van der Waals surface area contributed by atoms with Gasteiger partial charge in [-0.25, -0.2) is 16.1 Å². The number of rotatable bonds is 8. The SMILES string of the molecule is Cc1ccc(C(=O)O)cc1-c1ccc(/C=N\NC(=O)C(F)(F)C(F)(F)C(F)(F)F)o1.NNC(=O)C(F)(F)C(F)(F)C(F)(F)F. The summed E-state index contributed by atoms with van der Waals surface area (Å²) in [5.41, 5.74) is 2.33. The van der Waals surface area contributed by atoms with Gasteiger partial charge in [0.25, 0.3) is 0 Å². The van der Waals surface area contributed by atoms with Crippen LogP contribution in [-0.4, -0.2) is 65.1 Å². The zero-order chi connectivity index (χ0) is 34.7. The van der Waals surface area contributed by atoms with Crippen LogP contribution < -0.4 is 16.7 Å². The molecular formula is C21H14F14N4O5. The van der Waals surface area contributed by atoms with Crippen molar-refractivity contribution >= 4 is 24.0 Å². The average molecular weight is 668 g/mol. The summed E-state index contributed by atoms with van der Waals surface area (Å²) in [7, 11) is 0. The number of hydrogen-bond donors (Lipinski definition) is 4. The van der Waals surface area contributed by atoms with Gasteiger partial charge in [-0.1, -0.05) is 6.07 Å². The molecule has 1 aromatic carbocycles. The lowest BCUT2D eigenvalue weighted by atomic mass is 10.0. The first-order valence-electron chi connectivity index (χ1n) is 10.6. The molecule has 0 aliphatic heterocycles. The zero-order valence-electron chi connectivity index (χ0n) is 20.9. The van der Waals surface area contributed by atoms with E-state index < -0.39 is 53.8 Å². The Labute approximate surface area is 233 Å². The molecule has 2 amide bonds. The Kier molecular flexibility index (Phi) is 10.8. The lowest BCUT2D eigenvalue weighted by molar-refractivity contribution is -0.344. The quantitative estimate of drug-likeness (QED) is 0.102. The highest BCUT2D eigenvalue weighted by Crippen LogP contribution is 2.47. The Morgan fingerprint density at radius 3 is 1.70 bits per heavy atom. The van der Waals surface area contributed by atoms with E-state index in [0.717, 1.165) is 5.43 Å². The maximum atomic E-state index is 13.2. The second kappa shape index (κ2) is 12.7. The second-order valence-electron chi connectivity index (χ2n) is 8.00. The van der Waals surface area contributed by atoms with Gasteiger partial charge in [0, 0.05) is 5.56 Å². The minimum Gasteiger partial charge on any atom is -0.478 e. The number of furan rings is 1. The third-order valence-electron chi connectivity index (χ3n) is 4.94. The van der Waals surface area contributed by atoms with E-state index in [1.54, 1.807) is 6.92 Å². The van der Waals surface area contributed by atoms with Crippen LogP contribution in [0, 0.1) is 6.92 Å². The molecule has 0 bridgehead atoms. The number of nitrogens with one attached hydrogen (secondary N) is 2. The number of carbonyl (C=O) groups is 3. The third kappa shape index (κ3) is 7.55. The Hall–Kier alpha value is -4.44. The fourth-order valence-corrected chi connectivity index (χ4v) is 2.54. The molecule has 0 unspecified atom stereocenters. The first kappa shape index (κ1) is 37.6. The van der Waals surface area contributed by atoms with E-state index in [0.29, 0.717) is 22.8 Å². The predicted octanol–water partition coefficient (Wildman–Crippen LogP) is 5.05. The fraction of sp³-hybridized carbons (Fsp3) is 0.333. The molecule has 23 heteroatoms. The van der Waals surface area contributed by atoms with Crippen LogP contribution >= 0.6 is 0 Å². The van der Waals surface area contributed by atoms with E-state index in [9.17, 15) is 75.8 Å². The number of carboxylic acid groups (broad SMARTS) is 1. The number of hydrogen-bond acceptors (Lipinski definition) is 6. The molecule has 0 saturated carbocycles. The van der Waals surface area contributed by atoms with Crippen molar-refractivity contribution in [1.29, 1.82) is 0 Å². The Morgan fingerprint density at radius 1 is 0.795 bits per heavy atom. The fourth-order valence-electron chi connectivity index (χ4n) is 2.54. The molecule has 2 aromatic rings. The van der Waals surface area contributed by atoms with E-state index in [4.69, 9.17) is 9.52 Å². The van der Waals surface area contributed by atoms with Crippen molar-refractivity contribution in [3.63, 3.8) is 0 Å². The summed E-state index contributed by atoms with van der Waals surface area (Å²) in [5.74, 6) is -28.3. The number of nitrogens with zero attached hydrogens (tertiary/aromatic N) is 1. The minimum atomic E-state index is -6.66. The normalized spacial score (nSPS) is 13.3. The van der Waals surface area contributed by atoms with E-state index in [-0.39, 0.29) is 17.1 Å². The first-order valence-corrected chi connectivity index (χ1v) is 10.6. The number of amides is 2. The summed E-state index contributed by atoms with van der Waals surface area (Å²) >= 11 is 0. The zero-order valence-corrected chi connectivity index (χ0v) is 20.9. The molecule has 0 atom stereocenters. The number of aromatic carboxylic acids is 1. The minimum absolute atomic E-state index is 0.0534. The van der Waals surface area contributed by atoms with Gasteiger partial charge < -0.3 is 9.52 Å². The molecule has 5 N–H and O–H groups in total. The van der Waals surface area contributed by atoms with Crippen molar-refractivity contribution in [2.45, 2.75) is 43.0 Å². The van der Waals surface area contributed by atoms with Crippen molar-refractivity contribution in [1.82, 2.24) is 10.9 Å². The van der Waals surface area contributed by atoms with E-state index in [1.807, 2.05) is 0 Å². The van der Waals surface area contributed by atoms with Crippen molar-refractivity contribution in [2.75, 3.05) is 0 Å². The van der Waals surface area contributed by atoms with Gasteiger partial charge in [-0.3, -0.25) is 15.0 Å². The van der Waals surface area contributed by atoms with Crippen LogP contribution in [0.1, 0.15) is 21.7 Å². The Bertz CT molecular complexity index is 1400. The molecule has 9 nitrogen and oxygen atoms in total. The van der Waals surface area contributed by atoms with Gasteiger partial charge in [-0.05, 0) is 36.8 Å². The summed E-state index contributed by atoms with van der Waals surface area (Å²) in [5, 5.41) is 11.9.